The quantitative estimate of drug-likeness (QED) is 0.642. The number of fused-ring (bicyclic) bond motifs is 3. The minimum atomic E-state index is -0.190. The molecule has 2 fully saturated rings. The average Bonchev–Trinajstić information content (AvgIpc) is 3.38. The second-order valence-corrected chi connectivity index (χ2v) is 9.42. The van der Waals surface area contributed by atoms with Crippen LogP contribution in [0.5, 0.6) is 0 Å². The summed E-state index contributed by atoms with van der Waals surface area (Å²) in [6.45, 7) is 5.41. The van der Waals surface area contributed by atoms with Crippen LogP contribution >= 0.6 is 11.3 Å². The zero-order chi connectivity index (χ0) is 20.7. The molecule has 0 radical (unpaired) electrons. The molecule has 3 aromatic rings. The average molecular weight is 428 g/mol. The van der Waals surface area contributed by atoms with Crippen molar-refractivity contribution in [1.82, 2.24) is 24.0 Å². The Labute approximate surface area is 179 Å². The van der Waals surface area contributed by atoms with Crippen molar-refractivity contribution in [3.63, 3.8) is 0 Å². The number of aromatic nitrogens is 3. The second-order valence-electron chi connectivity index (χ2n) is 8.48. The number of thiophene rings is 1. The van der Waals surface area contributed by atoms with Crippen LogP contribution in [0.4, 0.5) is 0 Å². The molecule has 0 N–H and O–H groups in total. The van der Waals surface area contributed by atoms with Gasteiger partial charge in [0.25, 0.3) is 5.56 Å². The van der Waals surface area contributed by atoms with Gasteiger partial charge in [-0.05, 0) is 30.4 Å². The molecular formula is C22H29N5O2S. The number of piperazine rings is 1. The van der Waals surface area contributed by atoms with E-state index in [-0.39, 0.29) is 18.0 Å². The van der Waals surface area contributed by atoms with Crippen LogP contribution in [0.2, 0.25) is 0 Å². The van der Waals surface area contributed by atoms with Gasteiger partial charge < -0.3 is 4.90 Å². The molecule has 7 nitrogen and oxygen atoms in total. The number of amides is 1. The highest BCUT2D eigenvalue weighted by atomic mass is 32.1. The Morgan fingerprint density at radius 2 is 1.90 bits per heavy atom. The Kier molecular flexibility index (Phi) is 5.37. The van der Waals surface area contributed by atoms with E-state index in [2.05, 4.69) is 10.00 Å². The Morgan fingerprint density at radius 3 is 2.63 bits per heavy atom. The largest absolute Gasteiger partial charge is 0.339 e. The van der Waals surface area contributed by atoms with Gasteiger partial charge in [0, 0.05) is 38.6 Å². The fourth-order valence-electron chi connectivity index (χ4n) is 5.07. The van der Waals surface area contributed by atoms with E-state index >= 15 is 0 Å². The smallest absolute Gasteiger partial charge is 0.291 e. The summed E-state index contributed by atoms with van der Waals surface area (Å²) in [6, 6.07) is 4.64. The molecule has 5 rings (SSSR count). The molecule has 8 heteroatoms. The van der Waals surface area contributed by atoms with E-state index < -0.39 is 0 Å². The standard InChI is InChI=1S/C22H29N5O2S/c1-2-20-23-26(22(29)18-14-19-17(27(18)20)8-13-30-19)15-21(28)25-11-9-24(10-12-25)16-6-4-3-5-7-16/h8,13-14,16H,2-7,9-12,15H2,1H3. The maximum Gasteiger partial charge on any atom is 0.291 e. The lowest BCUT2D eigenvalue weighted by molar-refractivity contribution is -0.134. The monoisotopic (exact) mass is 427 g/mol. The first kappa shape index (κ1) is 19.8. The van der Waals surface area contributed by atoms with Gasteiger partial charge in [0.2, 0.25) is 5.91 Å². The van der Waals surface area contributed by atoms with E-state index in [4.69, 9.17) is 0 Å². The number of carbonyl (C=O) groups is 1. The molecule has 1 aliphatic heterocycles. The van der Waals surface area contributed by atoms with Crippen LogP contribution in [0, 0.1) is 0 Å². The Hall–Kier alpha value is -2.19. The molecule has 1 aliphatic carbocycles. The van der Waals surface area contributed by atoms with E-state index in [1.165, 1.54) is 36.8 Å². The normalized spacial score (nSPS) is 19.2. The highest BCUT2D eigenvalue weighted by Crippen LogP contribution is 2.25. The summed E-state index contributed by atoms with van der Waals surface area (Å²) >= 11 is 1.62. The molecular weight excluding hydrogens is 398 g/mol. The van der Waals surface area contributed by atoms with Gasteiger partial charge in [0.1, 0.15) is 17.9 Å². The molecule has 4 heterocycles. The first-order chi connectivity index (χ1) is 14.7. The van der Waals surface area contributed by atoms with Gasteiger partial charge >= 0.3 is 0 Å². The third-order valence-corrected chi connectivity index (χ3v) is 7.58. The molecule has 1 amide bonds. The highest BCUT2D eigenvalue weighted by molar-refractivity contribution is 7.17. The molecule has 0 spiro atoms. The fourth-order valence-corrected chi connectivity index (χ4v) is 5.87. The summed E-state index contributed by atoms with van der Waals surface area (Å²) in [5.74, 6) is 0.806. The van der Waals surface area contributed by atoms with E-state index in [0.717, 1.165) is 42.2 Å². The van der Waals surface area contributed by atoms with Crippen molar-refractivity contribution in [3.8, 4) is 0 Å². The van der Waals surface area contributed by atoms with Crippen LogP contribution < -0.4 is 5.56 Å². The third kappa shape index (κ3) is 3.46. The zero-order valence-corrected chi connectivity index (χ0v) is 18.4. The van der Waals surface area contributed by atoms with Gasteiger partial charge in [0.15, 0.2) is 0 Å². The van der Waals surface area contributed by atoms with Crippen LogP contribution in [-0.4, -0.2) is 62.1 Å². The van der Waals surface area contributed by atoms with Crippen molar-refractivity contribution in [2.45, 2.75) is 58.0 Å². The van der Waals surface area contributed by atoms with Crippen LogP contribution in [0.1, 0.15) is 44.9 Å². The molecule has 1 saturated heterocycles. The molecule has 0 bridgehead atoms. The first-order valence-electron chi connectivity index (χ1n) is 11.2. The number of hydrogen-bond acceptors (Lipinski definition) is 5. The van der Waals surface area contributed by atoms with Gasteiger partial charge in [-0.3, -0.25) is 18.9 Å². The van der Waals surface area contributed by atoms with Crippen LogP contribution in [0.25, 0.3) is 15.7 Å². The molecule has 0 aromatic carbocycles. The minimum absolute atomic E-state index is 0.00679. The van der Waals surface area contributed by atoms with Gasteiger partial charge in [-0.15, -0.1) is 11.3 Å². The minimum Gasteiger partial charge on any atom is -0.339 e. The topological polar surface area (TPSA) is 62.9 Å². The summed E-state index contributed by atoms with van der Waals surface area (Å²) in [6.07, 6.45) is 7.31. The van der Waals surface area contributed by atoms with Gasteiger partial charge in [0.05, 0.1) is 10.2 Å². The van der Waals surface area contributed by atoms with Gasteiger partial charge in [-0.2, -0.15) is 5.10 Å². The van der Waals surface area contributed by atoms with Crippen LogP contribution in [0.15, 0.2) is 22.3 Å². The van der Waals surface area contributed by atoms with E-state index in [9.17, 15) is 9.59 Å². The van der Waals surface area contributed by atoms with Crippen molar-refractivity contribution in [2.75, 3.05) is 26.2 Å². The lowest BCUT2D eigenvalue weighted by Gasteiger charge is -2.40. The van der Waals surface area contributed by atoms with Crippen LogP contribution in [0.3, 0.4) is 0 Å². The number of carbonyl (C=O) groups excluding carboxylic acids is 1. The molecule has 3 aromatic heterocycles. The van der Waals surface area contributed by atoms with Crippen molar-refractivity contribution >= 4 is 33.0 Å². The Bertz CT molecular complexity index is 1120. The molecule has 1 saturated carbocycles. The predicted octanol–water partition coefficient (Wildman–Crippen LogP) is 2.75. The fraction of sp³-hybridized carbons (Fsp3) is 0.591. The summed E-state index contributed by atoms with van der Waals surface area (Å²) in [5.41, 5.74) is 1.44. The number of nitrogens with zero attached hydrogens (tertiary/aromatic N) is 5. The van der Waals surface area contributed by atoms with Crippen molar-refractivity contribution in [1.29, 1.82) is 0 Å². The number of hydrogen-bond donors (Lipinski definition) is 0. The maximum absolute atomic E-state index is 13.0. The summed E-state index contributed by atoms with van der Waals surface area (Å²) in [5, 5.41) is 6.58. The van der Waals surface area contributed by atoms with Crippen molar-refractivity contribution in [2.24, 2.45) is 0 Å². The maximum atomic E-state index is 13.0. The van der Waals surface area contributed by atoms with Crippen molar-refractivity contribution < 1.29 is 4.79 Å². The Morgan fingerprint density at radius 1 is 1.13 bits per heavy atom. The third-order valence-electron chi connectivity index (χ3n) is 6.73. The summed E-state index contributed by atoms with van der Waals surface area (Å²) in [7, 11) is 0. The van der Waals surface area contributed by atoms with Gasteiger partial charge in [-0.1, -0.05) is 26.2 Å². The van der Waals surface area contributed by atoms with Crippen molar-refractivity contribution in [3.05, 3.63) is 33.7 Å². The predicted molar refractivity (Wildman–Crippen MR) is 119 cm³/mol. The zero-order valence-electron chi connectivity index (χ0n) is 17.5. The second kappa shape index (κ2) is 8.15. The van der Waals surface area contributed by atoms with Crippen LogP contribution in [-0.2, 0) is 17.8 Å². The molecule has 160 valence electrons. The number of aryl methyl sites for hydroxylation is 1. The molecule has 30 heavy (non-hydrogen) atoms. The van der Waals surface area contributed by atoms with E-state index in [1.54, 1.807) is 11.3 Å². The molecule has 2 aliphatic rings. The van der Waals surface area contributed by atoms with E-state index in [1.807, 2.05) is 33.7 Å². The molecule has 0 unspecified atom stereocenters. The van der Waals surface area contributed by atoms with Gasteiger partial charge in [-0.25, -0.2) is 4.68 Å². The molecule has 0 atom stereocenters. The summed E-state index contributed by atoms with van der Waals surface area (Å²) < 4.78 is 4.39. The lowest BCUT2D eigenvalue weighted by Crippen LogP contribution is -2.53. The highest BCUT2D eigenvalue weighted by Gasteiger charge is 2.27. The Balaban J connectivity index is 1.32. The van der Waals surface area contributed by atoms with E-state index in [0.29, 0.717) is 18.0 Å². The summed E-state index contributed by atoms with van der Waals surface area (Å²) in [4.78, 5) is 30.5. The lowest BCUT2D eigenvalue weighted by atomic mass is 9.94. The SMILES string of the molecule is CCc1nn(CC(=O)N2CCN(C3CCCCC3)CC2)c(=O)c2cc3sccc3n12. The first-order valence-corrected chi connectivity index (χ1v) is 12.0. The number of rotatable bonds is 4.